The number of aromatic nitrogens is 1. The Morgan fingerprint density at radius 1 is 1.19 bits per heavy atom. The molecule has 0 atom stereocenters. The van der Waals surface area contributed by atoms with Crippen LogP contribution in [0.25, 0.3) is 10.9 Å². The van der Waals surface area contributed by atoms with E-state index in [1.54, 1.807) is 6.20 Å². The summed E-state index contributed by atoms with van der Waals surface area (Å²) in [5.41, 5.74) is 2.59. The van der Waals surface area contributed by atoms with E-state index < -0.39 is 11.6 Å². The Bertz CT molecular complexity index is 836. The van der Waals surface area contributed by atoms with Gasteiger partial charge in [0, 0.05) is 35.2 Å². The van der Waals surface area contributed by atoms with Crippen LogP contribution in [0.4, 0.5) is 8.78 Å². The number of hydrogen-bond donors (Lipinski definition) is 1. The number of ketones is 1. The van der Waals surface area contributed by atoms with Crippen molar-refractivity contribution in [2.45, 2.75) is 13.3 Å². The first-order valence-electron chi connectivity index (χ1n) is 6.60. The summed E-state index contributed by atoms with van der Waals surface area (Å²) in [6.45, 7) is 1.92. The Balaban J connectivity index is 1.98. The van der Waals surface area contributed by atoms with E-state index in [1.165, 1.54) is 6.07 Å². The predicted octanol–water partition coefficient (Wildman–Crippen LogP) is 4.18. The van der Waals surface area contributed by atoms with Gasteiger partial charge in [-0.05, 0) is 30.2 Å². The van der Waals surface area contributed by atoms with Crippen LogP contribution in [0.15, 0.2) is 42.6 Å². The maximum Gasteiger partial charge on any atom is 0.169 e. The monoisotopic (exact) mass is 285 g/mol. The van der Waals surface area contributed by atoms with Gasteiger partial charge in [-0.3, -0.25) is 4.79 Å². The van der Waals surface area contributed by atoms with E-state index in [9.17, 15) is 13.6 Å². The highest BCUT2D eigenvalue weighted by Gasteiger charge is 2.16. The Kier molecular flexibility index (Phi) is 3.29. The number of benzene rings is 2. The van der Waals surface area contributed by atoms with E-state index in [0.29, 0.717) is 5.56 Å². The molecule has 1 N–H and O–H groups in total. The fourth-order valence-electron chi connectivity index (χ4n) is 2.52. The lowest BCUT2D eigenvalue weighted by Crippen LogP contribution is -2.05. The molecule has 0 amide bonds. The number of nitrogens with one attached hydrogen (secondary N) is 1. The fraction of sp³-hybridized carbons (Fsp3) is 0.118. The molecule has 3 aromatic rings. The van der Waals surface area contributed by atoms with E-state index in [-0.39, 0.29) is 17.8 Å². The van der Waals surface area contributed by atoms with E-state index in [1.807, 2.05) is 25.1 Å². The summed E-state index contributed by atoms with van der Waals surface area (Å²) in [4.78, 5) is 15.4. The van der Waals surface area contributed by atoms with Crippen molar-refractivity contribution in [1.82, 2.24) is 4.98 Å². The second-order valence-electron chi connectivity index (χ2n) is 5.04. The Labute approximate surface area is 120 Å². The smallest absolute Gasteiger partial charge is 0.169 e. The molecule has 21 heavy (non-hydrogen) atoms. The second kappa shape index (κ2) is 5.13. The number of hydrogen-bond acceptors (Lipinski definition) is 1. The molecular formula is C17H13F2NO. The second-order valence-corrected chi connectivity index (χ2v) is 5.04. The zero-order chi connectivity index (χ0) is 15.0. The van der Waals surface area contributed by atoms with Gasteiger partial charge in [0.15, 0.2) is 5.78 Å². The van der Waals surface area contributed by atoms with Crippen molar-refractivity contribution in [3.05, 3.63) is 70.9 Å². The van der Waals surface area contributed by atoms with Crippen LogP contribution in [0.2, 0.25) is 0 Å². The first kappa shape index (κ1) is 13.5. The van der Waals surface area contributed by atoms with Gasteiger partial charge in [0.1, 0.15) is 11.6 Å². The minimum Gasteiger partial charge on any atom is -0.360 e. The van der Waals surface area contributed by atoms with Crippen LogP contribution in [0.1, 0.15) is 21.5 Å². The topological polar surface area (TPSA) is 32.9 Å². The Morgan fingerprint density at radius 2 is 2.00 bits per heavy atom. The molecule has 0 aliphatic heterocycles. The number of carbonyl (C=O) groups is 1. The van der Waals surface area contributed by atoms with Gasteiger partial charge in [-0.1, -0.05) is 18.2 Å². The van der Waals surface area contributed by atoms with E-state index in [4.69, 9.17) is 0 Å². The number of Topliss-reactive ketones (excluding diaryl/α,β-unsaturated/α-hetero) is 1. The predicted molar refractivity (Wildman–Crippen MR) is 77.4 cm³/mol. The van der Waals surface area contributed by atoms with Gasteiger partial charge in [0.2, 0.25) is 0 Å². The van der Waals surface area contributed by atoms with Crippen LogP contribution in [0, 0.1) is 18.6 Å². The number of fused-ring (bicyclic) bond motifs is 1. The maximum absolute atomic E-state index is 13.6. The van der Waals surface area contributed by atoms with Crippen LogP contribution < -0.4 is 0 Å². The van der Waals surface area contributed by atoms with Crippen molar-refractivity contribution in [3.8, 4) is 0 Å². The van der Waals surface area contributed by atoms with Crippen molar-refractivity contribution in [2.75, 3.05) is 0 Å². The molecule has 0 spiro atoms. The standard InChI is InChI=1S/C17H13F2NO/c1-10-3-2-4-15-17(10)13(9-20-15)16(21)7-11-5-6-12(18)8-14(11)19/h2-6,8-9,20H,7H2,1H3. The third kappa shape index (κ3) is 2.44. The summed E-state index contributed by atoms with van der Waals surface area (Å²) < 4.78 is 26.5. The van der Waals surface area contributed by atoms with Gasteiger partial charge in [-0.2, -0.15) is 0 Å². The SMILES string of the molecule is Cc1cccc2[nH]cc(C(=O)Cc3ccc(F)cc3F)c12. The fourth-order valence-corrected chi connectivity index (χ4v) is 2.52. The molecule has 3 rings (SSSR count). The molecule has 4 heteroatoms. The maximum atomic E-state index is 13.6. The van der Waals surface area contributed by atoms with Gasteiger partial charge < -0.3 is 4.98 Å². The minimum absolute atomic E-state index is 0.0899. The lowest BCUT2D eigenvalue weighted by Gasteiger charge is -2.04. The molecule has 0 unspecified atom stereocenters. The van der Waals surface area contributed by atoms with E-state index >= 15 is 0 Å². The van der Waals surface area contributed by atoms with Gasteiger partial charge >= 0.3 is 0 Å². The summed E-state index contributed by atoms with van der Waals surface area (Å²) in [5.74, 6) is -1.53. The number of aryl methyl sites for hydroxylation is 1. The normalized spacial score (nSPS) is 11.0. The minimum atomic E-state index is -0.695. The van der Waals surface area contributed by atoms with Gasteiger partial charge in [0.25, 0.3) is 0 Å². The third-order valence-electron chi connectivity index (χ3n) is 3.58. The summed E-state index contributed by atoms with van der Waals surface area (Å²) >= 11 is 0. The molecule has 0 radical (unpaired) electrons. The number of H-pyrrole nitrogens is 1. The van der Waals surface area contributed by atoms with Crippen LogP contribution in [0.5, 0.6) is 0 Å². The molecule has 0 saturated carbocycles. The number of carbonyl (C=O) groups excluding carboxylic acids is 1. The molecule has 2 nitrogen and oxygen atoms in total. The highest BCUT2D eigenvalue weighted by atomic mass is 19.1. The quantitative estimate of drug-likeness (QED) is 0.719. The zero-order valence-corrected chi connectivity index (χ0v) is 11.4. The molecule has 1 aromatic heterocycles. The lowest BCUT2D eigenvalue weighted by molar-refractivity contribution is 0.0993. The van der Waals surface area contributed by atoms with Gasteiger partial charge in [0.05, 0.1) is 0 Å². The third-order valence-corrected chi connectivity index (χ3v) is 3.58. The largest absolute Gasteiger partial charge is 0.360 e. The van der Waals surface area contributed by atoms with Crippen molar-refractivity contribution in [3.63, 3.8) is 0 Å². The molecule has 2 aromatic carbocycles. The molecule has 0 saturated heterocycles. The van der Waals surface area contributed by atoms with Crippen LogP contribution in [0.3, 0.4) is 0 Å². The van der Waals surface area contributed by atoms with Gasteiger partial charge in [-0.15, -0.1) is 0 Å². The number of halogens is 2. The van der Waals surface area contributed by atoms with Crippen LogP contribution in [-0.2, 0) is 6.42 Å². The van der Waals surface area contributed by atoms with Crippen LogP contribution >= 0.6 is 0 Å². The highest BCUT2D eigenvalue weighted by molar-refractivity contribution is 6.09. The lowest BCUT2D eigenvalue weighted by atomic mass is 10.00. The molecule has 106 valence electrons. The highest BCUT2D eigenvalue weighted by Crippen LogP contribution is 2.24. The summed E-state index contributed by atoms with van der Waals surface area (Å²) in [5, 5.41) is 0.852. The summed E-state index contributed by atoms with van der Waals surface area (Å²) in [6.07, 6.45) is 1.55. The first-order chi connectivity index (χ1) is 10.1. The molecule has 0 aliphatic carbocycles. The first-order valence-corrected chi connectivity index (χ1v) is 6.60. The van der Waals surface area contributed by atoms with E-state index in [0.717, 1.165) is 28.6 Å². The average molecular weight is 285 g/mol. The number of rotatable bonds is 3. The summed E-state index contributed by atoms with van der Waals surface area (Å²) in [6, 6.07) is 8.98. The van der Waals surface area contributed by atoms with Crippen molar-refractivity contribution >= 4 is 16.7 Å². The average Bonchev–Trinajstić information content (AvgIpc) is 2.87. The number of aromatic amines is 1. The van der Waals surface area contributed by atoms with Crippen molar-refractivity contribution < 1.29 is 13.6 Å². The molecule has 0 bridgehead atoms. The Hall–Kier alpha value is -2.49. The molecule has 0 fully saturated rings. The molecular weight excluding hydrogens is 272 g/mol. The Morgan fingerprint density at radius 3 is 2.76 bits per heavy atom. The molecule has 0 aliphatic rings. The van der Waals surface area contributed by atoms with E-state index in [2.05, 4.69) is 4.98 Å². The molecule has 1 heterocycles. The van der Waals surface area contributed by atoms with Crippen LogP contribution in [-0.4, -0.2) is 10.8 Å². The van der Waals surface area contributed by atoms with Crippen molar-refractivity contribution in [1.29, 1.82) is 0 Å². The summed E-state index contributed by atoms with van der Waals surface area (Å²) in [7, 11) is 0. The van der Waals surface area contributed by atoms with Crippen molar-refractivity contribution in [2.24, 2.45) is 0 Å². The zero-order valence-electron chi connectivity index (χ0n) is 11.4. The van der Waals surface area contributed by atoms with Gasteiger partial charge in [-0.25, -0.2) is 8.78 Å².